The Morgan fingerprint density at radius 2 is 1.89 bits per heavy atom. The Hall–Kier alpha value is -0.520. The van der Waals surface area contributed by atoms with Crippen LogP contribution in [0.15, 0.2) is 24.3 Å². The van der Waals surface area contributed by atoms with Gasteiger partial charge >= 0.3 is 0 Å². The number of hydrogen-bond donors (Lipinski definition) is 0. The predicted octanol–water partition coefficient (Wildman–Crippen LogP) is 3.16. The Balaban J connectivity index is 3.35. The fraction of sp³-hybridized carbons (Fsp3) is 0.556. The van der Waals surface area contributed by atoms with Crippen molar-refractivity contribution in [2.75, 3.05) is 0 Å². The molecule has 0 heterocycles. The van der Waals surface area contributed by atoms with E-state index in [1.54, 1.807) is 0 Å². The lowest BCUT2D eigenvalue weighted by molar-refractivity contribution is 0.832. The minimum Gasteiger partial charge on any atom is -0.0848 e. The van der Waals surface area contributed by atoms with Crippen LogP contribution in [0.5, 0.6) is 0 Å². The second kappa shape index (κ2) is 5.61. The molecule has 0 fully saturated rings. The second-order valence-electron chi connectivity index (χ2n) is 2.47. The molecule has 0 spiro atoms. The molecule has 0 amide bonds. The first kappa shape index (κ1) is 8.48. The Morgan fingerprint density at radius 1 is 1.22 bits per heavy atom. The van der Waals surface area contributed by atoms with E-state index < -0.39 is 0 Å². The highest BCUT2D eigenvalue weighted by Gasteiger charge is 1.78. The zero-order valence-corrected chi connectivity index (χ0v) is 6.59. The van der Waals surface area contributed by atoms with Crippen molar-refractivity contribution in [3.8, 4) is 0 Å². The van der Waals surface area contributed by atoms with Gasteiger partial charge in [-0.2, -0.15) is 0 Å². The topological polar surface area (TPSA) is 0 Å². The lowest BCUT2D eigenvalue weighted by atomic mass is 10.2. The maximum absolute atomic E-state index is 2.19. The molecule has 0 N–H and O–H groups in total. The lowest BCUT2D eigenvalue weighted by Gasteiger charge is -1.88. The van der Waals surface area contributed by atoms with Gasteiger partial charge in [0.2, 0.25) is 0 Å². The van der Waals surface area contributed by atoms with E-state index in [9.17, 15) is 0 Å². The molecule has 0 aromatic carbocycles. The van der Waals surface area contributed by atoms with Gasteiger partial charge in [0.05, 0.1) is 0 Å². The minimum absolute atomic E-state index is 0.673. The van der Waals surface area contributed by atoms with E-state index in [4.69, 9.17) is 0 Å². The van der Waals surface area contributed by atoms with Crippen molar-refractivity contribution < 1.29 is 0 Å². The molecule has 0 aromatic heterocycles. The van der Waals surface area contributed by atoms with E-state index in [0.29, 0.717) is 5.92 Å². The van der Waals surface area contributed by atoms with Gasteiger partial charge in [0.25, 0.3) is 0 Å². The van der Waals surface area contributed by atoms with Crippen LogP contribution in [0.25, 0.3) is 0 Å². The van der Waals surface area contributed by atoms with Crippen molar-refractivity contribution >= 4 is 0 Å². The molecular formula is C9H16. The quantitative estimate of drug-likeness (QED) is 0.507. The van der Waals surface area contributed by atoms with E-state index >= 15 is 0 Å². The molecule has 52 valence electrons. The Morgan fingerprint density at radius 3 is 2.33 bits per heavy atom. The molecule has 0 aliphatic heterocycles. The molecule has 0 unspecified atom stereocenters. The summed E-state index contributed by atoms with van der Waals surface area (Å²) in [4.78, 5) is 0. The summed E-state index contributed by atoms with van der Waals surface area (Å²) in [5.74, 6) is 0.673. The maximum Gasteiger partial charge on any atom is -0.0287 e. The summed E-state index contributed by atoms with van der Waals surface area (Å²) in [5.41, 5.74) is 0. The summed E-state index contributed by atoms with van der Waals surface area (Å²) in [6.45, 7) is 6.49. The molecule has 0 saturated carbocycles. The molecule has 0 aliphatic rings. The zero-order chi connectivity index (χ0) is 7.11. The van der Waals surface area contributed by atoms with Gasteiger partial charge in [0.15, 0.2) is 0 Å². The highest BCUT2D eigenvalue weighted by atomic mass is 13.8. The van der Waals surface area contributed by atoms with Crippen LogP contribution in [0.4, 0.5) is 0 Å². The molecule has 0 aliphatic carbocycles. The maximum atomic E-state index is 2.19. The first-order valence-corrected chi connectivity index (χ1v) is 3.60. The largest absolute Gasteiger partial charge is 0.0848 e. The molecule has 0 saturated heterocycles. The van der Waals surface area contributed by atoms with Crippen molar-refractivity contribution in [1.29, 1.82) is 0 Å². The van der Waals surface area contributed by atoms with Gasteiger partial charge in [-0.15, -0.1) is 0 Å². The van der Waals surface area contributed by atoms with Crippen LogP contribution >= 0.6 is 0 Å². The molecule has 0 heteroatoms. The first-order chi connectivity index (χ1) is 4.27. The van der Waals surface area contributed by atoms with Crippen molar-refractivity contribution in [1.82, 2.24) is 0 Å². The van der Waals surface area contributed by atoms with Gasteiger partial charge in [-0.1, -0.05) is 45.1 Å². The van der Waals surface area contributed by atoms with Crippen LogP contribution in [0.1, 0.15) is 27.2 Å². The van der Waals surface area contributed by atoms with Crippen LogP contribution in [0.2, 0.25) is 0 Å². The van der Waals surface area contributed by atoms with Gasteiger partial charge in [-0.25, -0.2) is 0 Å². The fourth-order valence-corrected chi connectivity index (χ4v) is 0.501. The standard InChI is InChI=1S/C9H16/c1-4-5-6-7-8-9(2)3/h5-9H,4H2,1-3H3. The van der Waals surface area contributed by atoms with E-state index in [2.05, 4.69) is 45.1 Å². The van der Waals surface area contributed by atoms with E-state index in [-0.39, 0.29) is 0 Å². The third-order valence-corrected chi connectivity index (χ3v) is 0.979. The molecule has 0 atom stereocenters. The van der Waals surface area contributed by atoms with Gasteiger partial charge in [0.1, 0.15) is 0 Å². The minimum atomic E-state index is 0.673. The molecule has 0 nitrogen and oxygen atoms in total. The normalized spacial score (nSPS) is 12.4. The summed E-state index contributed by atoms with van der Waals surface area (Å²) in [6, 6.07) is 0. The smallest absolute Gasteiger partial charge is 0.0287 e. The number of rotatable bonds is 3. The highest BCUT2D eigenvalue weighted by Crippen LogP contribution is 1.93. The van der Waals surface area contributed by atoms with Crippen molar-refractivity contribution in [3.63, 3.8) is 0 Å². The summed E-state index contributed by atoms with van der Waals surface area (Å²) in [6.07, 6.45) is 9.67. The van der Waals surface area contributed by atoms with Gasteiger partial charge in [-0.05, 0) is 12.3 Å². The molecule has 0 bridgehead atoms. The van der Waals surface area contributed by atoms with Gasteiger partial charge in [-0.3, -0.25) is 0 Å². The van der Waals surface area contributed by atoms with Gasteiger partial charge in [0, 0.05) is 0 Å². The zero-order valence-electron chi connectivity index (χ0n) is 6.59. The number of allylic oxidation sites excluding steroid dienone is 4. The third-order valence-electron chi connectivity index (χ3n) is 0.979. The lowest BCUT2D eigenvalue weighted by Crippen LogP contribution is -1.74. The van der Waals surface area contributed by atoms with Gasteiger partial charge < -0.3 is 0 Å². The van der Waals surface area contributed by atoms with Crippen LogP contribution in [0.3, 0.4) is 0 Å². The predicted molar refractivity (Wildman–Crippen MR) is 43.4 cm³/mol. The average Bonchev–Trinajstić information content (AvgIpc) is 1.80. The SMILES string of the molecule is CCC=CC=CC(C)C. The monoisotopic (exact) mass is 124 g/mol. The van der Waals surface area contributed by atoms with Crippen LogP contribution < -0.4 is 0 Å². The molecule has 0 aromatic rings. The van der Waals surface area contributed by atoms with Crippen LogP contribution in [0, 0.1) is 5.92 Å². The molecule has 9 heavy (non-hydrogen) atoms. The summed E-state index contributed by atoms with van der Waals surface area (Å²) in [7, 11) is 0. The van der Waals surface area contributed by atoms with Crippen LogP contribution in [-0.4, -0.2) is 0 Å². The van der Waals surface area contributed by atoms with E-state index in [1.807, 2.05) is 0 Å². The molecular weight excluding hydrogens is 108 g/mol. The van der Waals surface area contributed by atoms with E-state index in [1.165, 1.54) is 0 Å². The van der Waals surface area contributed by atoms with Crippen LogP contribution in [-0.2, 0) is 0 Å². The Labute approximate surface area is 58.3 Å². The molecule has 0 rings (SSSR count). The van der Waals surface area contributed by atoms with Crippen molar-refractivity contribution in [2.45, 2.75) is 27.2 Å². The second-order valence-corrected chi connectivity index (χ2v) is 2.47. The fourth-order valence-electron chi connectivity index (χ4n) is 0.501. The van der Waals surface area contributed by atoms with Crippen molar-refractivity contribution in [3.05, 3.63) is 24.3 Å². The van der Waals surface area contributed by atoms with Crippen molar-refractivity contribution in [2.24, 2.45) is 5.92 Å². The summed E-state index contributed by atoms with van der Waals surface area (Å²) < 4.78 is 0. The first-order valence-electron chi connectivity index (χ1n) is 3.60. The summed E-state index contributed by atoms with van der Waals surface area (Å²) >= 11 is 0. The average molecular weight is 124 g/mol. The molecule has 0 radical (unpaired) electrons. The highest BCUT2D eigenvalue weighted by molar-refractivity contribution is 5.02. The summed E-state index contributed by atoms with van der Waals surface area (Å²) in [5, 5.41) is 0. The van der Waals surface area contributed by atoms with E-state index in [0.717, 1.165) is 6.42 Å². The Kier molecular flexibility index (Phi) is 5.29. The third kappa shape index (κ3) is 7.48. The Bertz CT molecular complexity index is 96.6. The number of hydrogen-bond acceptors (Lipinski definition) is 0.